The molecule has 0 aromatic carbocycles. The molecule has 3 rings (SSSR count). The summed E-state index contributed by atoms with van der Waals surface area (Å²) < 4.78 is 0. The van der Waals surface area contributed by atoms with E-state index in [0.29, 0.717) is 6.04 Å². The number of hydrogen-bond donors (Lipinski definition) is 1. The highest BCUT2D eigenvalue weighted by Gasteiger charge is 2.41. The Bertz CT molecular complexity index is 147. The number of nitrogens with one attached hydrogen (secondary N) is 1. The third kappa shape index (κ3) is 0.580. The zero-order valence-corrected chi connectivity index (χ0v) is 5.42. The predicted octanol–water partition coefficient (Wildman–Crippen LogP) is -0.811. The molecule has 3 aliphatic rings. The van der Waals surface area contributed by atoms with Gasteiger partial charge in [0.1, 0.15) is 0 Å². The van der Waals surface area contributed by atoms with Crippen molar-refractivity contribution in [1.82, 2.24) is 10.2 Å². The van der Waals surface area contributed by atoms with Crippen LogP contribution in [-0.2, 0) is 4.79 Å². The van der Waals surface area contributed by atoms with Crippen LogP contribution in [0.2, 0.25) is 0 Å². The van der Waals surface area contributed by atoms with Crippen molar-refractivity contribution >= 4 is 5.91 Å². The molecule has 0 radical (unpaired) electrons. The van der Waals surface area contributed by atoms with Gasteiger partial charge in [0.15, 0.2) is 0 Å². The van der Waals surface area contributed by atoms with E-state index in [-0.39, 0.29) is 11.9 Å². The van der Waals surface area contributed by atoms with Crippen molar-refractivity contribution in [3.8, 4) is 0 Å². The molecule has 2 atom stereocenters. The van der Waals surface area contributed by atoms with Gasteiger partial charge in [-0.15, -0.1) is 0 Å². The van der Waals surface area contributed by atoms with Gasteiger partial charge in [0, 0.05) is 19.6 Å². The molecule has 3 nitrogen and oxygen atoms in total. The summed E-state index contributed by atoms with van der Waals surface area (Å²) in [5, 5.41) is 3.17. The van der Waals surface area contributed by atoms with E-state index in [1.165, 1.54) is 0 Å². The van der Waals surface area contributed by atoms with Crippen LogP contribution >= 0.6 is 0 Å². The molecule has 0 saturated carbocycles. The maximum absolute atomic E-state index is 11.0. The Morgan fingerprint density at radius 3 is 2.78 bits per heavy atom. The highest BCUT2D eigenvalue weighted by Crippen LogP contribution is 2.20. The molecule has 3 heterocycles. The number of nitrogens with zero attached hydrogens (tertiary/aromatic N) is 1. The van der Waals surface area contributed by atoms with E-state index in [9.17, 15) is 4.79 Å². The van der Waals surface area contributed by atoms with Crippen molar-refractivity contribution in [3.05, 3.63) is 0 Å². The quantitative estimate of drug-likeness (QED) is 0.460. The number of carbonyl (C=O) groups excluding carboxylic acids is 1. The maximum Gasteiger partial charge on any atom is 0.239 e. The molecule has 2 bridgehead atoms. The van der Waals surface area contributed by atoms with Crippen LogP contribution in [0.15, 0.2) is 0 Å². The monoisotopic (exact) mass is 126 g/mol. The van der Waals surface area contributed by atoms with Gasteiger partial charge in [-0.25, -0.2) is 0 Å². The molecule has 0 aromatic heterocycles. The lowest BCUT2D eigenvalue weighted by atomic mass is 9.91. The van der Waals surface area contributed by atoms with Gasteiger partial charge < -0.3 is 10.2 Å². The number of piperazine rings is 1. The number of carbonyl (C=O) groups is 1. The zero-order chi connectivity index (χ0) is 6.43. The van der Waals surface area contributed by atoms with Crippen LogP contribution in [0.5, 0.6) is 0 Å². The fourth-order valence-corrected chi connectivity index (χ4v) is 1.53. The SMILES string of the molecule is CN1CC2CC(N2)C1=O. The summed E-state index contributed by atoms with van der Waals surface area (Å²) in [6.07, 6.45) is 1.06. The zero-order valence-electron chi connectivity index (χ0n) is 5.42. The predicted molar refractivity (Wildman–Crippen MR) is 33.0 cm³/mol. The van der Waals surface area contributed by atoms with Crippen LogP contribution in [0, 0.1) is 0 Å². The second kappa shape index (κ2) is 1.48. The Morgan fingerprint density at radius 2 is 2.44 bits per heavy atom. The lowest BCUT2D eigenvalue weighted by Gasteiger charge is -2.45. The van der Waals surface area contributed by atoms with Crippen molar-refractivity contribution < 1.29 is 4.79 Å². The fraction of sp³-hybridized carbons (Fsp3) is 0.833. The summed E-state index contributed by atoms with van der Waals surface area (Å²) in [6, 6.07) is 0.756. The number of likely N-dealkylation sites (N-methyl/N-ethyl adjacent to an activating group) is 1. The number of piperidine rings is 1. The van der Waals surface area contributed by atoms with Crippen LogP contribution in [0.3, 0.4) is 0 Å². The van der Waals surface area contributed by atoms with E-state index in [2.05, 4.69) is 5.32 Å². The molecule has 1 amide bonds. The summed E-state index contributed by atoms with van der Waals surface area (Å²) in [6.45, 7) is 0.898. The summed E-state index contributed by atoms with van der Waals surface area (Å²) in [7, 11) is 1.86. The largest absolute Gasteiger partial charge is 0.343 e. The number of fused-ring (bicyclic) bond motifs is 2. The standard InChI is InChI=1S/C6H10N2O/c1-8-3-4-2-5(7-4)6(8)9/h4-5,7H,2-3H2,1H3. The van der Waals surface area contributed by atoms with Gasteiger partial charge in [0.25, 0.3) is 0 Å². The molecule has 0 aromatic rings. The van der Waals surface area contributed by atoms with E-state index >= 15 is 0 Å². The number of hydrogen-bond acceptors (Lipinski definition) is 2. The van der Waals surface area contributed by atoms with Gasteiger partial charge in [0.2, 0.25) is 5.91 Å². The van der Waals surface area contributed by atoms with Crippen LogP contribution in [0.1, 0.15) is 6.42 Å². The molecule has 3 aliphatic heterocycles. The van der Waals surface area contributed by atoms with Crippen LogP contribution in [-0.4, -0.2) is 36.5 Å². The molecule has 1 N–H and O–H groups in total. The van der Waals surface area contributed by atoms with Gasteiger partial charge in [-0.1, -0.05) is 0 Å². The Balaban J connectivity index is 2.13. The normalized spacial score (nSPS) is 40.6. The van der Waals surface area contributed by atoms with Crippen molar-refractivity contribution in [1.29, 1.82) is 0 Å². The summed E-state index contributed by atoms with van der Waals surface area (Å²) in [5.41, 5.74) is 0. The van der Waals surface area contributed by atoms with E-state index in [0.717, 1.165) is 13.0 Å². The van der Waals surface area contributed by atoms with Crippen LogP contribution in [0.4, 0.5) is 0 Å². The van der Waals surface area contributed by atoms with Gasteiger partial charge in [0.05, 0.1) is 6.04 Å². The topological polar surface area (TPSA) is 32.3 Å². The second-order valence-corrected chi connectivity index (χ2v) is 2.87. The molecule has 0 spiro atoms. The van der Waals surface area contributed by atoms with Crippen molar-refractivity contribution in [2.24, 2.45) is 0 Å². The van der Waals surface area contributed by atoms with Gasteiger partial charge >= 0.3 is 0 Å². The maximum atomic E-state index is 11.0. The Morgan fingerprint density at radius 1 is 1.78 bits per heavy atom. The van der Waals surface area contributed by atoms with Gasteiger partial charge in [-0.3, -0.25) is 4.79 Å². The first-order chi connectivity index (χ1) is 4.27. The Hall–Kier alpha value is -0.570. The molecule has 2 unspecified atom stereocenters. The van der Waals surface area contributed by atoms with Crippen LogP contribution < -0.4 is 5.32 Å². The third-order valence-corrected chi connectivity index (χ3v) is 2.13. The fourth-order valence-electron chi connectivity index (χ4n) is 1.53. The third-order valence-electron chi connectivity index (χ3n) is 2.13. The van der Waals surface area contributed by atoms with E-state index < -0.39 is 0 Å². The van der Waals surface area contributed by atoms with Gasteiger partial charge in [-0.2, -0.15) is 0 Å². The first-order valence-corrected chi connectivity index (χ1v) is 3.28. The van der Waals surface area contributed by atoms with Crippen molar-refractivity contribution in [2.75, 3.05) is 13.6 Å². The summed E-state index contributed by atoms with van der Waals surface area (Å²) >= 11 is 0. The molecule has 3 saturated heterocycles. The average molecular weight is 126 g/mol. The molecular weight excluding hydrogens is 116 g/mol. The molecule has 3 heteroatoms. The minimum Gasteiger partial charge on any atom is -0.343 e. The first kappa shape index (κ1) is 5.23. The highest BCUT2D eigenvalue weighted by atomic mass is 16.2. The van der Waals surface area contributed by atoms with Gasteiger partial charge in [-0.05, 0) is 6.42 Å². The lowest BCUT2D eigenvalue weighted by molar-refractivity contribution is -0.141. The van der Waals surface area contributed by atoms with E-state index in [1.54, 1.807) is 4.90 Å². The summed E-state index contributed by atoms with van der Waals surface area (Å²) in [5.74, 6) is 0.262. The summed E-state index contributed by atoms with van der Waals surface area (Å²) in [4.78, 5) is 12.8. The lowest BCUT2D eigenvalue weighted by Crippen LogP contribution is -2.68. The van der Waals surface area contributed by atoms with E-state index in [1.807, 2.05) is 7.05 Å². The molecule has 50 valence electrons. The highest BCUT2D eigenvalue weighted by molar-refractivity contribution is 5.84. The van der Waals surface area contributed by atoms with E-state index in [4.69, 9.17) is 0 Å². The minimum atomic E-state index is 0.161. The number of amides is 1. The first-order valence-electron chi connectivity index (χ1n) is 3.28. The van der Waals surface area contributed by atoms with Crippen molar-refractivity contribution in [3.63, 3.8) is 0 Å². The van der Waals surface area contributed by atoms with Crippen molar-refractivity contribution in [2.45, 2.75) is 18.5 Å². The minimum absolute atomic E-state index is 0.161. The Kier molecular flexibility index (Phi) is 0.858. The second-order valence-electron chi connectivity index (χ2n) is 2.87. The van der Waals surface area contributed by atoms with Crippen LogP contribution in [0.25, 0.3) is 0 Å². The number of rotatable bonds is 0. The molecule has 9 heavy (non-hydrogen) atoms. The smallest absolute Gasteiger partial charge is 0.239 e. The average Bonchev–Trinajstić information content (AvgIpc) is 1.72. The molecule has 3 fully saturated rings. The molecular formula is C6H10N2O. The Labute approximate surface area is 54.0 Å². The molecule has 0 aliphatic carbocycles.